The predicted molar refractivity (Wildman–Crippen MR) is 89.3 cm³/mol. The van der Waals surface area contributed by atoms with Gasteiger partial charge in [0.05, 0.1) is 30.1 Å². The summed E-state index contributed by atoms with van der Waals surface area (Å²) in [6.45, 7) is 4.16. The minimum atomic E-state index is -0.650. The molecule has 8 heteroatoms. The Labute approximate surface area is 143 Å². The number of quaternary nitrogens is 1. The topological polar surface area (TPSA) is 89.8 Å². The average Bonchev–Trinajstić information content (AvgIpc) is 3.30. The Morgan fingerprint density at radius 1 is 1.38 bits per heavy atom. The van der Waals surface area contributed by atoms with E-state index in [2.05, 4.69) is 11.4 Å². The molecule has 3 heterocycles. The molecule has 0 aliphatic carbocycles. The van der Waals surface area contributed by atoms with E-state index >= 15 is 0 Å². The Kier molecular flexibility index (Phi) is 4.96. The quantitative estimate of drug-likeness (QED) is 0.614. The molecular formula is C16H20N3O4S+. The van der Waals surface area contributed by atoms with Crippen molar-refractivity contribution >= 4 is 23.1 Å². The third-order valence-corrected chi connectivity index (χ3v) is 5.35. The third kappa shape index (κ3) is 3.49. The van der Waals surface area contributed by atoms with Gasteiger partial charge in [-0.25, -0.2) is 0 Å². The molecule has 128 valence electrons. The number of hydrogen-bond donors (Lipinski definition) is 2. The summed E-state index contributed by atoms with van der Waals surface area (Å²) < 4.78 is 4.99. The predicted octanol–water partition coefficient (Wildman–Crippen LogP) is 1.79. The van der Waals surface area contributed by atoms with E-state index in [4.69, 9.17) is 4.42 Å². The van der Waals surface area contributed by atoms with E-state index in [1.54, 1.807) is 11.3 Å². The van der Waals surface area contributed by atoms with Crippen LogP contribution in [0.3, 0.4) is 0 Å². The summed E-state index contributed by atoms with van der Waals surface area (Å²) in [5, 5.41) is 15.7. The summed E-state index contributed by atoms with van der Waals surface area (Å²) in [6.07, 6.45) is 2.39. The number of nitro groups is 1. The number of likely N-dealkylation sites (tertiary alicyclic amines) is 1. The zero-order valence-corrected chi connectivity index (χ0v) is 14.2. The van der Waals surface area contributed by atoms with Gasteiger partial charge >= 0.3 is 5.88 Å². The maximum absolute atomic E-state index is 12.3. The van der Waals surface area contributed by atoms with E-state index in [0.29, 0.717) is 0 Å². The molecule has 1 saturated heterocycles. The molecule has 0 unspecified atom stereocenters. The second-order valence-electron chi connectivity index (χ2n) is 6.02. The van der Waals surface area contributed by atoms with Gasteiger partial charge in [-0.3, -0.25) is 14.9 Å². The molecule has 2 N–H and O–H groups in total. The van der Waals surface area contributed by atoms with Crippen LogP contribution in [0.15, 0.2) is 34.1 Å². The van der Waals surface area contributed by atoms with Gasteiger partial charge < -0.3 is 14.6 Å². The summed E-state index contributed by atoms with van der Waals surface area (Å²) in [5.41, 5.74) is 0. The lowest BCUT2D eigenvalue weighted by Gasteiger charge is -2.29. The molecule has 2 aromatic rings. The molecule has 2 aromatic heterocycles. The van der Waals surface area contributed by atoms with Crippen LogP contribution in [0.1, 0.15) is 41.2 Å². The Morgan fingerprint density at radius 2 is 2.12 bits per heavy atom. The second-order valence-corrected chi connectivity index (χ2v) is 6.99. The number of amides is 1. The van der Waals surface area contributed by atoms with Gasteiger partial charge in [-0.05, 0) is 24.4 Å². The Hall–Kier alpha value is -2.19. The lowest BCUT2D eigenvalue weighted by Crippen LogP contribution is -3.11. The Balaban J connectivity index is 1.73. The van der Waals surface area contributed by atoms with E-state index in [1.807, 2.05) is 18.4 Å². The first-order valence-corrected chi connectivity index (χ1v) is 8.87. The van der Waals surface area contributed by atoms with Crippen LogP contribution in [0.4, 0.5) is 5.88 Å². The van der Waals surface area contributed by atoms with Gasteiger partial charge in [-0.1, -0.05) is 6.07 Å². The first kappa shape index (κ1) is 16.7. The lowest BCUT2D eigenvalue weighted by atomic mass is 10.1. The van der Waals surface area contributed by atoms with Crippen molar-refractivity contribution in [3.8, 4) is 0 Å². The monoisotopic (exact) mass is 350 g/mol. The van der Waals surface area contributed by atoms with Crippen molar-refractivity contribution in [2.24, 2.45) is 0 Å². The van der Waals surface area contributed by atoms with Crippen molar-refractivity contribution in [1.29, 1.82) is 0 Å². The molecule has 0 saturated carbocycles. The zero-order valence-electron chi connectivity index (χ0n) is 13.4. The molecule has 1 aliphatic heterocycles. The normalized spacial score (nSPS) is 17.5. The number of rotatable bonds is 6. The molecule has 7 nitrogen and oxygen atoms in total. The Bertz CT molecular complexity index is 707. The fourth-order valence-corrected chi connectivity index (χ4v) is 4.31. The van der Waals surface area contributed by atoms with Gasteiger partial charge in [-0.15, -0.1) is 11.3 Å². The smallest absolute Gasteiger partial charge is 0.395 e. The maximum atomic E-state index is 12.3. The molecular weight excluding hydrogens is 330 g/mol. The van der Waals surface area contributed by atoms with Gasteiger partial charge in [0.25, 0.3) is 5.91 Å². The van der Waals surface area contributed by atoms with E-state index in [1.165, 1.54) is 34.8 Å². The van der Waals surface area contributed by atoms with Crippen LogP contribution < -0.4 is 10.2 Å². The van der Waals surface area contributed by atoms with Crippen LogP contribution in [0.5, 0.6) is 0 Å². The number of nitrogens with one attached hydrogen (secondary N) is 2. The SMILES string of the molecule is C[C@@H](NC(=O)c1ccc([N+](=O)[O-])o1)[C@@H](c1cccs1)[NH+]1CCCC1. The van der Waals surface area contributed by atoms with E-state index < -0.39 is 16.7 Å². The minimum absolute atomic E-state index is 0.0325. The molecule has 2 atom stereocenters. The molecule has 0 spiro atoms. The fraction of sp³-hybridized carbons (Fsp3) is 0.438. The summed E-state index contributed by atoms with van der Waals surface area (Å²) in [4.78, 5) is 25.1. The van der Waals surface area contributed by atoms with Crippen molar-refractivity contribution in [2.75, 3.05) is 13.1 Å². The minimum Gasteiger partial charge on any atom is -0.395 e. The first-order valence-electron chi connectivity index (χ1n) is 7.99. The van der Waals surface area contributed by atoms with E-state index in [9.17, 15) is 14.9 Å². The summed E-state index contributed by atoms with van der Waals surface area (Å²) in [7, 11) is 0. The number of thiophene rings is 1. The molecule has 0 radical (unpaired) electrons. The van der Waals surface area contributed by atoms with Gasteiger partial charge in [0.2, 0.25) is 0 Å². The molecule has 0 aromatic carbocycles. The second kappa shape index (κ2) is 7.14. The number of furan rings is 1. The average molecular weight is 350 g/mol. The molecule has 1 fully saturated rings. The summed E-state index contributed by atoms with van der Waals surface area (Å²) in [5.74, 6) is -0.876. The van der Waals surface area contributed by atoms with Crippen molar-refractivity contribution in [3.63, 3.8) is 0 Å². The van der Waals surface area contributed by atoms with Gasteiger partial charge in [0, 0.05) is 12.8 Å². The highest BCUT2D eigenvalue weighted by Crippen LogP contribution is 2.22. The molecule has 1 amide bonds. The van der Waals surface area contributed by atoms with Crippen LogP contribution in [-0.4, -0.2) is 30.0 Å². The largest absolute Gasteiger partial charge is 0.433 e. The van der Waals surface area contributed by atoms with Crippen LogP contribution in [0, 0.1) is 10.1 Å². The van der Waals surface area contributed by atoms with Crippen LogP contribution in [0.2, 0.25) is 0 Å². The van der Waals surface area contributed by atoms with Gasteiger partial charge in [0.15, 0.2) is 5.76 Å². The summed E-state index contributed by atoms with van der Waals surface area (Å²) in [6, 6.07) is 6.73. The highest BCUT2D eigenvalue weighted by molar-refractivity contribution is 7.10. The highest BCUT2D eigenvalue weighted by Gasteiger charge is 2.34. The zero-order chi connectivity index (χ0) is 17.1. The number of hydrogen-bond acceptors (Lipinski definition) is 5. The molecule has 3 rings (SSSR count). The van der Waals surface area contributed by atoms with Crippen LogP contribution in [0.25, 0.3) is 0 Å². The fourth-order valence-electron chi connectivity index (χ4n) is 3.32. The Morgan fingerprint density at radius 3 is 2.71 bits per heavy atom. The standard InChI is InChI=1S/C16H19N3O4S/c1-11(17-16(20)12-6-7-14(23-12)19(21)22)15(13-5-4-10-24-13)18-8-2-3-9-18/h4-7,10-11,15H,2-3,8-9H2,1H3,(H,17,20)/p+1/t11-,15+/m1/s1. The van der Waals surface area contributed by atoms with Gasteiger partial charge in [0.1, 0.15) is 11.0 Å². The lowest BCUT2D eigenvalue weighted by molar-refractivity contribution is -0.920. The number of carbonyl (C=O) groups excluding carboxylic acids is 1. The van der Waals surface area contributed by atoms with Crippen molar-refractivity contribution in [2.45, 2.75) is 31.8 Å². The van der Waals surface area contributed by atoms with Crippen molar-refractivity contribution in [3.05, 3.63) is 50.4 Å². The molecule has 24 heavy (non-hydrogen) atoms. The van der Waals surface area contributed by atoms with Gasteiger partial charge in [-0.2, -0.15) is 0 Å². The van der Waals surface area contributed by atoms with Crippen molar-refractivity contribution < 1.29 is 19.0 Å². The van der Waals surface area contributed by atoms with E-state index in [0.717, 1.165) is 13.1 Å². The number of nitrogens with zero attached hydrogens (tertiary/aromatic N) is 1. The van der Waals surface area contributed by atoms with Crippen LogP contribution >= 0.6 is 11.3 Å². The number of carbonyl (C=O) groups is 1. The van der Waals surface area contributed by atoms with Crippen molar-refractivity contribution in [1.82, 2.24) is 5.32 Å². The van der Waals surface area contributed by atoms with E-state index in [-0.39, 0.29) is 17.8 Å². The maximum Gasteiger partial charge on any atom is 0.433 e. The molecule has 1 aliphatic rings. The van der Waals surface area contributed by atoms with Crippen LogP contribution in [-0.2, 0) is 0 Å². The highest BCUT2D eigenvalue weighted by atomic mass is 32.1. The first-order chi connectivity index (χ1) is 11.6. The molecule has 0 bridgehead atoms. The summed E-state index contributed by atoms with van der Waals surface area (Å²) >= 11 is 1.69. The third-order valence-electron chi connectivity index (χ3n) is 4.39.